The largest absolute Gasteiger partial charge is 0.352 e. The number of hydrogen-bond acceptors (Lipinski definition) is 1. The Morgan fingerprint density at radius 3 is 1.46 bits per heavy atom. The van der Waals surface area contributed by atoms with Crippen LogP contribution in [0.2, 0.25) is 0 Å². The van der Waals surface area contributed by atoms with Crippen molar-refractivity contribution in [1.82, 2.24) is 5.32 Å². The fraction of sp³-hybridized carbons (Fsp3) is 0.731. The summed E-state index contributed by atoms with van der Waals surface area (Å²) in [6.07, 6.45) is 22.1. The van der Waals surface area contributed by atoms with Gasteiger partial charge in [0.15, 0.2) is 0 Å². The quantitative estimate of drug-likeness (QED) is 0.254. The second-order valence-corrected chi connectivity index (χ2v) is 8.43. The second kappa shape index (κ2) is 17.8. The smallest absolute Gasteiger partial charge is 0.251 e. The molecule has 2 nitrogen and oxygen atoms in total. The molecule has 1 rings (SSSR count). The van der Waals surface area contributed by atoms with Gasteiger partial charge in [0, 0.05) is 12.1 Å². The average Bonchev–Trinajstić information content (AvgIpc) is 2.70. The molecule has 160 valence electrons. The Hall–Kier alpha value is -1.31. The Labute approximate surface area is 174 Å². The van der Waals surface area contributed by atoms with E-state index in [0.29, 0.717) is 0 Å². The minimum absolute atomic E-state index is 0.0564. The van der Waals surface area contributed by atoms with E-state index in [-0.39, 0.29) is 5.91 Å². The van der Waals surface area contributed by atoms with Crippen molar-refractivity contribution >= 4 is 5.91 Å². The van der Waals surface area contributed by atoms with Crippen LogP contribution in [0.15, 0.2) is 24.3 Å². The third kappa shape index (κ3) is 13.8. The molecule has 1 aromatic rings. The maximum absolute atomic E-state index is 12.0. The average molecular weight is 388 g/mol. The number of nitrogens with one attached hydrogen (secondary N) is 1. The fourth-order valence-electron chi connectivity index (χ4n) is 3.68. The first-order valence-electron chi connectivity index (χ1n) is 12.1. The molecule has 0 aliphatic heterocycles. The van der Waals surface area contributed by atoms with Crippen LogP contribution in [0.1, 0.15) is 126 Å². The third-order valence-electron chi connectivity index (χ3n) is 5.63. The molecule has 0 heterocycles. The minimum atomic E-state index is 0.0564. The van der Waals surface area contributed by atoms with Crippen LogP contribution in [0.5, 0.6) is 0 Å². The van der Waals surface area contributed by atoms with Gasteiger partial charge in [0.05, 0.1) is 0 Å². The van der Waals surface area contributed by atoms with Gasteiger partial charge in [-0.05, 0) is 25.5 Å². The number of amides is 1. The Kier molecular flexibility index (Phi) is 15.7. The van der Waals surface area contributed by atoms with Gasteiger partial charge in [0.2, 0.25) is 0 Å². The van der Waals surface area contributed by atoms with Crippen molar-refractivity contribution in [3.05, 3.63) is 35.4 Å². The van der Waals surface area contributed by atoms with Crippen molar-refractivity contribution in [2.75, 3.05) is 6.54 Å². The Bertz CT molecular complexity index is 480. The van der Waals surface area contributed by atoms with E-state index in [1.54, 1.807) is 0 Å². The van der Waals surface area contributed by atoms with E-state index in [4.69, 9.17) is 0 Å². The number of carbonyl (C=O) groups is 1. The SMILES string of the molecule is CCCCCCCCCCCCCCCCCCNC(=O)c1ccc(C)cc1. The molecular formula is C26H45NO. The first-order chi connectivity index (χ1) is 13.7. The highest BCUT2D eigenvalue weighted by molar-refractivity contribution is 5.94. The van der Waals surface area contributed by atoms with Gasteiger partial charge in [-0.1, -0.05) is 121 Å². The fourth-order valence-corrected chi connectivity index (χ4v) is 3.68. The lowest BCUT2D eigenvalue weighted by atomic mass is 10.0. The first kappa shape index (κ1) is 24.7. The summed E-state index contributed by atoms with van der Waals surface area (Å²) in [5.74, 6) is 0.0564. The molecule has 1 amide bonds. The van der Waals surface area contributed by atoms with E-state index in [1.165, 1.54) is 102 Å². The summed E-state index contributed by atoms with van der Waals surface area (Å²) in [4.78, 5) is 12.0. The number of benzene rings is 1. The molecule has 2 heteroatoms. The van der Waals surface area contributed by atoms with Gasteiger partial charge in [-0.2, -0.15) is 0 Å². The number of unbranched alkanes of at least 4 members (excludes halogenated alkanes) is 15. The van der Waals surface area contributed by atoms with Crippen LogP contribution in [-0.2, 0) is 0 Å². The molecule has 0 radical (unpaired) electrons. The lowest BCUT2D eigenvalue weighted by Crippen LogP contribution is -2.24. The van der Waals surface area contributed by atoms with Gasteiger partial charge in [-0.25, -0.2) is 0 Å². The van der Waals surface area contributed by atoms with Crippen LogP contribution < -0.4 is 5.32 Å². The molecule has 0 aliphatic rings. The zero-order chi connectivity index (χ0) is 20.3. The number of carbonyl (C=O) groups excluding carboxylic acids is 1. The van der Waals surface area contributed by atoms with E-state index in [2.05, 4.69) is 12.2 Å². The molecule has 0 bridgehead atoms. The highest BCUT2D eigenvalue weighted by atomic mass is 16.1. The molecule has 0 aromatic heterocycles. The van der Waals surface area contributed by atoms with Crippen LogP contribution >= 0.6 is 0 Å². The van der Waals surface area contributed by atoms with Crippen molar-refractivity contribution in [2.24, 2.45) is 0 Å². The summed E-state index contributed by atoms with van der Waals surface area (Å²) in [6, 6.07) is 7.78. The Morgan fingerprint density at radius 2 is 1.04 bits per heavy atom. The summed E-state index contributed by atoms with van der Waals surface area (Å²) in [7, 11) is 0. The molecule has 0 unspecified atom stereocenters. The summed E-state index contributed by atoms with van der Waals surface area (Å²) in [6.45, 7) is 5.12. The number of hydrogen-bond donors (Lipinski definition) is 1. The van der Waals surface area contributed by atoms with E-state index >= 15 is 0 Å². The van der Waals surface area contributed by atoms with E-state index in [9.17, 15) is 4.79 Å². The van der Waals surface area contributed by atoms with Crippen LogP contribution in [0, 0.1) is 6.92 Å². The summed E-state index contributed by atoms with van der Waals surface area (Å²) < 4.78 is 0. The van der Waals surface area contributed by atoms with Crippen LogP contribution in [0.3, 0.4) is 0 Å². The molecule has 0 aliphatic carbocycles. The topological polar surface area (TPSA) is 29.1 Å². The molecule has 0 spiro atoms. The molecule has 0 atom stereocenters. The summed E-state index contributed by atoms with van der Waals surface area (Å²) in [5.41, 5.74) is 1.96. The summed E-state index contributed by atoms with van der Waals surface area (Å²) in [5, 5.41) is 3.03. The first-order valence-corrected chi connectivity index (χ1v) is 12.1. The van der Waals surface area contributed by atoms with Crippen LogP contribution in [0.4, 0.5) is 0 Å². The van der Waals surface area contributed by atoms with Gasteiger partial charge in [0.25, 0.3) is 5.91 Å². The highest BCUT2D eigenvalue weighted by Gasteiger charge is 2.03. The predicted molar refractivity (Wildman–Crippen MR) is 123 cm³/mol. The molecule has 28 heavy (non-hydrogen) atoms. The molecule has 0 fully saturated rings. The zero-order valence-corrected chi connectivity index (χ0v) is 18.7. The predicted octanol–water partition coefficient (Wildman–Crippen LogP) is 7.99. The van der Waals surface area contributed by atoms with Crippen molar-refractivity contribution in [2.45, 2.75) is 117 Å². The molecule has 1 aromatic carbocycles. The molecular weight excluding hydrogens is 342 g/mol. The Morgan fingerprint density at radius 1 is 0.643 bits per heavy atom. The number of aryl methyl sites for hydroxylation is 1. The zero-order valence-electron chi connectivity index (χ0n) is 18.7. The number of rotatable bonds is 18. The van der Waals surface area contributed by atoms with Gasteiger partial charge in [-0.15, -0.1) is 0 Å². The molecule has 1 N–H and O–H groups in total. The van der Waals surface area contributed by atoms with Crippen LogP contribution in [0.25, 0.3) is 0 Å². The van der Waals surface area contributed by atoms with Gasteiger partial charge >= 0.3 is 0 Å². The lowest BCUT2D eigenvalue weighted by Gasteiger charge is -2.06. The van der Waals surface area contributed by atoms with Crippen molar-refractivity contribution in [3.8, 4) is 0 Å². The van der Waals surface area contributed by atoms with Crippen molar-refractivity contribution in [1.29, 1.82) is 0 Å². The normalized spacial score (nSPS) is 10.9. The van der Waals surface area contributed by atoms with Crippen molar-refractivity contribution in [3.63, 3.8) is 0 Å². The maximum atomic E-state index is 12.0. The van der Waals surface area contributed by atoms with Gasteiger partial charge < -0.3 is 5.32 Å². The lowest BCUT2D eigenvalue weighted by molar-refractivity contribution is 0.0953. The van der Waals surface area contributed by atoms with E-state index in [1.807, 2.05) is 31.2 Å². The maximum Gasteiger partial charge on any atom is 0.251 e. The Balaban J connectivity index is 1.78. The van der Waals surface area contributed by atoms with E-state index in [0.717, 1.165) is 18.5 Å². The standard InChI is InChI=1S/C26H45NO/c1-3-4-5-6-7-8-9-10-11-12-13-14-15-16-17-18-23-27-26(28)25-21-19-24(2)20-22-25/h19-22H,3-18,23H2,1-2H3,(H,27,28). The van der Waals surface area contributed by atoms with Crippen LogP contribution in [-0.4, -0.2) is 12.5 Å². The van der Waals surface area contributed by atoms with E-state index < -0.39 is 0 Å². The summed E-state index contributed by atoms with van der Waals surface area (Å²) >= 11 is 0. The van der Waals surface area contributed by atoms with Gasteiger partial charge in [0.1, 0.15) is 0 Å². The van der Waals surface area contributed by atoms with Crippen molar-refractivity contribution < 1.29 is 4.79 Å². The molecule has 0 saturated heterocycles. The third-order valence-corrected chi connectivity index (χ3v) is 5.63. The monoisotopic (exact) mass is 387 g/mol. The highest BCUT2D eigenvalue weighted by Crippen LogP contribution is 2.13. The van der Waals surface area contributed by atoms with Gasteiger partial charge in [-0.3, -0.25) is 4.79 Å². The molecule has 0 saturated carbocycles. The second-order valence-electron chi connectivity index (χ2n) is 8.43. The minimum Gasteiger partial charge on any atom is -0.352 e.